The fourth-order valence-corrected chi connectivity index (χ4v) is 6.92. The summed E-state index contributed by atoms with van der Waals surface area (Å²) < 4.78 is 32.8. The molecule has 5 atom stereocenters. The molecule has 1 fully saturated rings. The Balaban J connectivity index is 1.26. The van der Waals surface area contributed by atoms with Crippen LogP contribution in [0.5, 0.6) is 5.75 Å². The van der Waals surface area contributed by atoms with Crippen molar-refractivity contribution in [3.63, 3.8) is 0 Å². The normalized spacial score (nSPS) is 17.2. The molecule has 0 aromatic heterocycles. The second-order valence-corrected chi connectivity index (χ2v) is 13.5. The van der Waals surface area contributed by atoms with Crippen LogP contribution >= 0.6 is 11.8 Å². The number of halogens is 2. The van der Waals surface area contributed by atoms with Crippen LogP contribution in [0.2, 0.25) is 0 Å². The number of hydrogen-bond acceptors (Lipinski definition) is 7. The van der Waals surface area contributed by atoms with Crippen LogP contribution in [-0.2, 0) is 19.2 Å². The quantitative estimate of drug-likeness (QED) is 0.121. The van der Waals surface area contributed by atoms with Gasteiger partial charge in [-0.25, -0.2) is 13.6 Å². The molecule has 1 aliphatic heterocycles. The Hall–Kier alpha value is -5.27. The van der Waals surface area contributed by atoms with Crippen molar-refractivity contribution in [1.29, 1.82) is 0 Å². The first kappa shape index (κ1) is 37.0. The minimum atomic E-state index is -1.19. The van der Waals surface area contributed by atoms with Crippen LogP contribution in [0.25, 0.3) is 0 Å². The SMILES string of the molecule is CC(C)[C@H](NC(=O)C(NC(=O)COc1ccc(C2C(SCC(O)c3ccc(F)cc3)C(=O)N2c2ccc(F)cc2)cc1)c1ccccc1)C(=O)O. The first-order chi connectivity index (χ1) is 24.4. The Kier molecular flexibility index (Phi) is 12.1. The summed E-state index contributed by atoms with van der Waals surface area (Å²) in [7, 11) is 0. The van der Waals surface area contributed by atoms with Crippen LogP contribution in [0.4, 0.5) is 14.5 Å². The number of aliphatic hydroxyl groups is 1. The molecule has 0 saturated carbocycles. The Labute approximate surface area is 297 Å². The van der Waals surface area contributed by atoms with Gasteiger partial charge in [-0.05, 0) is 71.1 Å². The summed E-state index contributed by atoms with van der Waals surface area (Å²) in [6.07, 6.45) is -0.938. The Morgan fingerprint density at radius 1 is 0.843 bits per heavy atom. The lowest BCUT2D eigenvalue weighted by Gasteiger charge is -2.47. The van der Waals surface area contributed by atoms with Gasteiger partial charge in [-0.3, -0.25) is 14.4 Å². The van der Waals surface area contributed by atoms with Crippen molar-refractivity contribution in [2.45, 2.75) is 43.3 Å². The van der Waals surface area contributed by atoms with Gasteiger partial charge in [0.05, 0.1) is 12.1 Å². The highest BCUT2D eigenvalue weighted by Crippen LogP contribution is 2.46. The number of thioether (sulfide) groups is 1. The Morgan fingerprint density at radius 2 is 1.45 bits per heavy atom. The van der Waals surface area contributed by atoms with Crippen LogP contribution in [0, 0.1) is 17.6 Å². The number of carboxylic acid groups (broad SMARTS) is 1. The van der Waals surface area contributed by atoms with E-state index >= 15 is 0 Å². The molecule has 4 aromatic carbocycles. The molecule has 51 heavy (non-hydrogen) atoms. The Morgan fingerprint density at radius 3 is 2.04 bits per heavy atom. The third-order valence-electron chi connectivity index (χ3n) is 8.36. The van der Waals surface area contributed by atoms with Crippen LogP contribution in [0.1, 0.15) is 48.7 Å². The molecule has 1 aliphatic rings. The number of ether oxygens (including phenoxy) is 1. The molecule has 1 saturated heterocycles. The molecule has 4 N–H and O–H groups in total. The van der Waals surface area contributed by atoms with Gasteiger partial charge >= 0.3 is 5.97 Å². The largest absolute Gasteiger partial charge is 0.484 e. The minimum absolute atomic E-state index is 0.169. The molecule has 0 radical (unpaired) electrons. The zero-order valence-corrected chi connectivity index (χ0v) is 28.6. The number of rotatable bonds is 15. The van der Waals surface area contributed by atoms with Crippen molar-refractivity contribution < 1.29 is 42.9 Å². The van der Waals surface area contributed by atoms with Crippen LogP contribution < -0.4 is 20.3 Å². The van der Waals surface area contributed by atoms with Gasteiger partial charge in [0.2, 0.25) is 11.8 Å². The van der Waals surface area contributed by atoms with E-state index in [2.05, 4.69) is 10.6 Å². The maximum Gasteiger partial charge on any atom is 0.326 e. The molecular formula is C38H37F2N3O7S. The van der Waals surface area contributed by atoms with Crippen LogP contribution in [0.3, 0.4) is 0 Å². The standard InChI is InChI=1S/C38H37F2N3O7S/c1-22(2)32(38(48)49)42-36(46)33(24-6-4-3-5-7-24)41-31(45)20-50-29-18-10-25(11-19-29)34-35(37(47)43(34)28-16-14-27(40)15-17-28)51-21-30(44)23-8-12-26(39)13-9-23/h3-19,22,30,32-35,44H,20-21H2,1-2H3,(H,41,45)(H,42,46)(H,48,49)/t30?,32-,33?,34?,35?/m0/s1. The number of nitrogens with zero attached hydrogens (tertiary/aromatic N) is 1. The smallest absolute Gasteiger partial charge is 0.326 e. The fraction of sp³-hybridized carbons (Fsp3) is 0.263. The lowest BCUT2D eigenvalue weighted by atomic mass is 9.92. The van der Waals surface area contributed by atoms with E-state index in [-0.39, 0.29) is 11.7 Å². The second-order valence-electron chi connectivity index (χ2n) is 12.3. The number of nitrogens with one attached hydrogen (secondary N) is 2. The highest BCUT2D eigenvalue weighted by atomic mass is 32.2. The van der Waals surface area contributed by atoms with Crippen molar-refractivity contribution in [3.8, 4) is 5.75 Å². The van der Waals surface area contributed by atoms with E-state index in [1.165, 1.54) is 60.3 Å². The number of amides is 3. The molecule has 0 bridgehead atoms. The van der Waals surface area contributed by atoms with Crippen LogP contribution in [0.15, 0.2) is 103 Å². The van der Waals surface area contributed by atoms with Crippen molar-refractivity contribution >= 4 is 41.1 Å². The van der Waals surface area contributed by atoms with Gasteiger partial charge < -0.3 is 30.5 Å². The molecule has 10 nitrogen and oxygen atoms in total. The van der Waals surface area contributed by atoms with Crippen molar-refractivity contribution in [2.24, 2.45) is 5.92 Å². The van der Waals surface area contributed by atoms with E-state index in [0.717, 1.165) is 5.56 Å². The third-order valence-corrected chi connectivity index (χ3v) is 9.69. The lowest BCUT2D eigenvalue weighted by molar-refractivity contribution is -0.143. The zero-order valence-electron chi connectivity index (χ0n) is 27.7. The van der Waals surface area contributed by atoms with Crippen molar-refractivity contribution in [2.75, 3.05) is 17.3 Å². The molecule has 4 unspecified atom stereocenters. The van der Waals surface area contributed by atoms with E-state index < -0.39 is 71.4 Å². The predicted octanol–water partition coefficient (Wildman–Crippen LogP) is 5.35. The molecule has 3 amide bonds. The molecule has 5 rings (SSSR count). The van der Waals surface area contributed by atoms with Gasteiger partial charge in [-0.2, -0.15) is 0 Å². The average Bonchev–Trinajstić information content (AvgIpc) is 3.12. The van der Waals surface area contributed by atoms with E-state index in [9.17, 15) is 38.2 Å². The number of aliphatic carboxylic acids is 1. The minimum Gasteiger partial charge on any atom is -0.484 e. The zero-order chi connectivity index (χ0) is 36.7. The third kappa shape index (κ3) is 9.10. The highest BCUT2D eigenvalue weighted by Gasteiger charge is 2.49. The number of carbonyl (C=O) groups is 4. The predicted molar refractivity (Wildman–Crippen MR) is 188 cm³/mol. The lowest BCUT2D eigenvalue weighted by Crippen LogP contribution is -2.57. The molecule has 1 heterocycles. The van der Waals surface area contributed by atoms with E-state index in [0.29, 0.717) is 22.6 Å². The van der Waals surface area contributed by atoms with Crippen molar-refractivity contribution in [1.82, 2.24) is 10.6 Å². The van der Waals surface area contributed by atoms with Crippen LogP contribution in [-0.4, -0.2) is 57.6 Å². The number of β-lactam (4-membered cyclic amide) rings is 1. The van der Waals surface area contributed by atoms with Gasteiger partial charge in [0.25, 0.3) is 5.91 Å². The summed E-state index contributed by atoms with van der Waals surface area (Å²) in [5.41, 5.74) is 2.20. The number of anilines is 1. The number of hydrogen-bond donors (Lipinski definition) is 4. The van der Waals surface area contributed by atoms with E-state index in [1.807, 2.05) is 0 Å². The molecule has 0 aliphatic carbocycles. The monoisotopic (exact) mass is 717 g/mol. The molecule has 4 aromatic rings. The summed E-state index contributed by atoms with van der Waals surface area (Å²) in [6, 6.07) is 23.4. The topological polar surface area (TPSA) is 145 Å². The molecule has 0 spiro atoms. The van der Waals surface area contributed by atoms with Gasteiger partial charge in [0, 0.05) is 11.4 Å². The van der Waals surface area contributed by atoms with Crippen molar-refractivity contribution in [3.05, 3.63) is 131 Å². The summed E-state index contributed by atoms with van der Waals surface area (Å²) in [4.78, 5) is 52.8. The summed E-state index contributed by atoms with van der Waals surface area (Å²) in [5.74, 6) is -3.49. The average molecular weight is 718 g/mol. The highest BCUT2D eigenvalue weighted by molar-refractivity contribution is 8.00. The molecule has 13 heteroatoms. The van der Waals surface area contributed by atoms with Gasteiger partial charge in [0.15, 0.2) is 6.61 Å². The van der Waals surface area contributed by atoms with Gasteiger partial charge in [-0.1, -0.05) is 68.4 Å². The summed E-state index contributed by atoms with van der Waals surface area (Å²) in [6.45, 7) is 2.87. The summed E-state index contributed by atoms with van der Waals surface area (Å²) >= 11 is 1.26. The first-order valence-corrected chi connectivity index (χ1v) is 17.2. The Bertz CT molecular complexity index is 1830. The van der Waals surface area contributed by atoms with E-state index in [4.69, 9.17) is 4.74 Å². The molecule has 266 valence electrons. The maximum atomic E-state index is 13.7. The number of carboxylic acids is 1. The first-order valence-electron chi connectivity index (χ1n) is 16.2. The number of aliphatic hydroxyl groups excluding tert-OH is 1. The number of carbonyl (C=O) groups excluding carboxylic acids is 3. The van der Waals surface area contributed by atoms with Gasteiger partial charge in [0.1, 0.15) is 34.7 Å². The second kappa shape index (κ2) is 16.6. The van der Waals surface area contributed by atoms with E-state index in [1.54, 1.807) is 73.3 Å². The maximum absolute atomic E-state index is 13.7. The number of benzene rings is 4. The summed E-state index contributed by atoms with van der Waals surface area (Å²) in [5, 5.41) is 24.8. The van der Waals surface area contributed by atoms with Gasteiger partial charge in [-0.15, -0.1) is 11.8 Å². The molecular weight excluding hydrogens is 680 g/mol. The fourth-order valence-electron chi connectivity index (χ4n) is 5.62.